The van der Waals surface area contributed by atoms with Gasteiger partial charge in [0.25, 0.3) is 0 Å². The molecule has 0 fully saturated rings. The third kappa shape index (κ3) is 3.85. The molecule has 0 radical (unpaired) electrons. The highest BCUT2D eigenvalue weighted by atomic mass is 19.1. The fourth-order valence-corrected chi connectivity index (χ4v) is 1.07. The molecule has 0 saturated heterocycles. The number of hydrogen-bond donors (Lipinski definition) is 1. The Hall–Kier alpha value is -1.15. The maximum atomic E-state index is 12.7. The minimum Gasteiger partial charge on any atom is -0.309 e. The van der Waals surface area contributed by atoms with Crippen molar-refractivity contribution in [2.45, 2.75) is 13.5 Å². The van der Waals surface area contributed by atoms with Crippen molar-refractivity contribution in [3.63, 3.8) is 0 Å². The molecule has 1 nitrogen and oxygen atoms in total. The Morgan fingerprint density at radius 1 is 1.54 bits per heavy atom. The van der Waals surface area contributed by atoms with Gasteiger partial charge in [0.1, 0.15) is 5.82 Å². The smallest absolute Gasteiger partial charge is 0.123 e. The van der Waals surface area contributed by atoms with Crippen LogP contribution in [0.2, 0.25) is 0 Å². The van der Waals surface area contributed by atoms with Crippen LogP contribution >= 0.6 is 0 Å². The Morgan fingerprint density at radius 3 is 2.92 bits per heavy atom. The average molecular weight is 179 g/mol. The first-order valence-corrected chi connectivity index (χ1v) is 4.28. The minimum absolute atomic E-state index is 0.186. The SMILES string of the molecule is C=C(C)CNCc1cccc(F)c1. The largest absolute Gasteiger partial charge is 0.309 e. The van der Waals surface area contributed by atoms with E-state index >= 15 is 0 Å². The van der Waals surface area contributed by atoms with Crippen LogP contribution in [-0.2, 0) is 6.54 Å². The first kappa shape index (κ1) is 9.93. The monoisotopic (exact) mass is 179 g/mol. The van der Waals surface area contributed by atoms with E-state index in [0.717, 1.165) is 17.7 Å². The van der Waals surface area contributed by atoms with Crippen molar-refractivity contribution in [2.24, 2.45) is 0 Å². The number of nitrogens with one attached hydrogen (secondary N) is 1. The van der Waals surface area contributed by atoms with Gasteiger partial charge in [-0.05, 0) is 24.6 Å². The van der Waals surface area contributed by atoms with Gasteiger partial charge in [0.05, 0.1) is 0 Å². The van der Waals surface area contributed by atoms with Gasteiger partial charge < -0.3 is 5.32 Å². The zero-order valence-electron chi connectivity index (χ0n) is 7.81. The lowest BCUT2D eigenvalue weighted by atomic mass is 10.2. The summed E-state index contributed by atoms with van der Waals surface area (Å²) in [5, 5.41) is 3.16. The first-order valence-electron chi connectivity index (χ1n) is 4.28. The van der Waals surface area contributed by atoms with Gasteiger partial charge in [-0.2, -0.15) is 0 Å². The Labute approximate surface area is 78.3 Å². The van der Waals surface area contributed by atoms with Crippen molar-refractivity contribution in [3.8, 4) is 0 Å². The van der Waals surface area contributed by atoms with Crippen molar-refractivity contribution < 1.29 is 4.39 Å². The fourth-order valence-electron chi connectivity index (χ4n) is 1.07. The molecule has 1 aromatic carbocycles. The average Bonchev–Trinajstić information content (AvgIpc) is 2.03. The third-order valence-electron chi connectivity index (χ3n) is 1.64. The van der Waals surface area contributed by atoms with E-state index in [2.05, 4.69) is 11.9 Å². The van der Waals surface area contributed by atoms with Gasteiger partial charge in [0.15, 0.2) is 0 Å². The molecule has 0 aliphatic heterocycles. The van der Waals surface area contributed by atoms with Crippen molar-refractivity contribution in [2.75, 3.05) is 6.54 Å². The van der Waals surface area contributed by atoms with Crippen molar-refractivity contribution in [1.82, 2.24) is 5.32 Å². The predicted octanol–water partition coefficient (Wildman–Crippen LogP) is 2.49. The summed E-state index contributed by atoms with van der Waals surface area (Å²) in [6.07, 6.45) is 0. The molecule has 0 unspecified atom stereocenters. The summed E-state index contributed by atoms with van der Waals surface area (Å²) in [6, 6.07) is 6.59. The van der Waals surface area contributed by atoms with Gasteiger partial charge in [-0.25, -0.2) is 4.39 Å². The molecule has 0 amide bonds. The van der Waals surface area contributed by atoms with Crippen LogP contribution in [0.5, 0.6) is 0 Å². The maximum absolute atomic E-state index is 12.7. The molecule has 0 atom stereocenters. The summed E-state index contributed by atoms with van der Waals surface area (Å²) in [5.41, 5.74) is 2.04. The zero-order valence-corrected chi connectivity index (χ0v) is 7.81. The van der Waals surface area contributed by atoms with Crippen LogP contribution < -0.4 is 5.32 Å². The molecule has 70 valence electrons. The van der Waals surface area contributed by atoms with Crippen LogP contribution in [0.3, 0.4) is 0 Å². The number of rotatable bonds is 4. The Bertz CT molecular complexity index is 294. The van der Waals surface area contributed by atoms with Crippen LogP contribution in [0.25, 0.3) is 0 Å². The van der Waals surface area contributed by atoms with Crippen LogP contribution in [0.15, 0.2) is 36.4 Å². The molecule has 0 bridgehead atoms. The highest BCUT2D eigenvalue weighted by molar-refractivity contribution is 5.16. The van der Waals surface area contributed by atoms with E-state index in [4.69, 9.17) is 0 Å². The predicted molar refractivity (Wildman–Crippen MR) is 52.9 cm³/mol. The lowest BCUT2D eigenvalue weighted by molar-refractivity contribution is 0.622. The summed E-state index contributed by atoms with van der Waals surface area (Å²) < 4.78 is 12.7. The molecule has 1 aromatic rings. The molecule has 0 heterocycles. The van der Waals surface area contributed by atoms with Crippen molar-refractivity contribution in [1.29, 1.82) is 0 Å². The molecule has 1 N–H and O–H groups in total. The molecule has 1 rings (SSSR count). The Morgan fingerprint density at radius 2 is 2.31 bits per heavy atom. The second kappa shape index (κ2) is 4.77. The summed E-state index contributed by atoms with van der Waals surface area (Å²) in [4.78, 5) is 0. The van der Waals surface area contributed by atoms with Crippen molar-refractivity contribution in [3.05, 3.63) is 47.8 Å². The quantitative estimate of drug-likeness (QED) is 0.700. The number of halogens is 1. The van der Waals surface area contributed by atoms with Gasteiger partial charge in [0, 0.05) is 13.1 Å². The molecule has 0 aliphatic rings. The van der Waals surface area contributed by atoms with Gasteiger partial charge in [-0.15, -0.1) is 0 Å². The van der Waals surface area contributed by atoms with E-state index in [1.807, 2.05) is 13.0 Å². The lowest BCUT2D eigenvalue weighted by Gasteiger charge is -2.03. The topological polar surface area (TPSA) is 12.0 Å². The van der Waals surface area contributed by atoms with E-state index in [1.165, 1.54) is 12.1 Å². The summed E-state index contributed by atoms with van der Waals surface area (Å²) in [5.74, 6) is -0.186. The summed E-state index contributed by atoms with van der Waals surface area (Å²) in [7, 11) is 0. The van der Waals surface area contributed by atoms with Gasteiger partial charge >= 0.3 is 0 Å². The number of benzene rings is 1. The van der Waals surface area contributed by atoms with Gasteiger partial charge in [-0.1, -0.05) is 24.3 Å². The molecule has 13 heavy (non-hydrogen) atoms. The minimum atomic E-state index is -0.186. The van der Waals surface area contributed by atoms with E-state index in [1.54, 1.807) is 6.07 Å². The van der Waals surface area contributed by atoms with E-state index < -0.39 is 0 Å². The summed E-state index contributed by atoms with van der Waals surface area (Å²) >= 11 is 0. The highest BCUT2D eigenvalue weighted by Gasteiger charge is 1.94. The van der Waals surface area contributed by atoms with Crippen LogP contribution in [0.1, 0.15) is 12.5 Å². The molecule has 0 aliphatic carbocycles. The molecular weight excluding hydrogens is 165 g/mol. The van der Waals surface area contributed by atoms with E-state index in [0.29, 0.717) is 6.54 Å². The standard InChI is InChI=1S/C11H14FN/c1-9(2)7-13-8-10-4-3-5-11(12)6-10/h3-6,13H,1,7-8H2,2H3. The van der Waals surface area contributed by atoms with Crippen LogP contribution in [0, 0.1) is 5.82 Å². The zero-order chi connectivity index (χ0) is 9.68. The Kier molecular flexibility index (Phi) is 3.65. The second-order valence-corrected chi connectivity index (χ2v) is 3.19. The van der Waals surface area contributed by atoms with Crippen LogP contribution in [0.4, 0.5) is 4.39 Å². The molecule has 0 spiro atoms. The maximum Gasteiger partial charge on any atom is 0.123 e. The lowest BCUT2D eigenvalue weighted by Crippen LogP contribution is -2.15. The molecular formula is C11H14FN. The molecule has 0 aromatic heterocycles. The summed E-state index contributed by atoms with van der Waals surface area (Å²) in [6.45, 7) is 7.18. The highest BCUT2D eigenvalue weighted by Crippen LogP contribution is 2.02. The fraction of sp³-hybridized carbons (Fsp3) is 0.273. The normalized spacial score (nSPS) is 10.0. The van der Waals surface area contributed by atoms with Crippen LogP contribution in [-0.4, -0.2) is 6.54 Å². The Balaban J connectivity index is 2.41. The first-order chi connectivity index (χ1) is 6.18. The van der Waals surface area contributed by atoms with E-state index in [9.17, 15) is 4.39 Å². The number of hydrogen-bond acceptors (Lipinski definition) is 1. The third-order valence-corrected chi connectivity index (χ3v) is 1.64. The second-order valence-electron chi connectivity index (χ2n) is 3.19. The molecule has 2 heteroatoms. The van der Waals surface area contributed by atoms with Gasteiger partial charge in [-0.3, -0.25) is 0 Å². The molecule has 0 saturated carbocycles. The van der Waals surface area contributed by atoms with Crippen molar-refractivity contribution >= 4 is 0 Å². The van der Waals surface area contributed by atoms with Gasteiger partial charge in [0.2, 0.25) is 0 Å². The van der Waals surface area contributed by atoms with E-state index in [-0.39, 0.29) is 5.82 Å².